The first kappa shape index (κ1) is 28.3. The minimum Gasteiger partial charge on any atom is -0.450 e. The molecule has 0 unspecified atom stereocenters. The maximum absolute atomic E-state index is 12.0. The van der Waals surface area contributed by atoms with Gasteiger partial charge in [0, 0.05) is 43.0 Å². The third-order valence-corrected chi connectivity index (χ3v) is 7.04. The third kappa shape index (κ3) is 6.72. The van der Waals surface area contributed by atoms with Crippen LogP contribution >= 0.6 is 0 Å². The van der Waals surface area contributed by atoms with Gasteiger partial charge in [-0.15, -0.1) is 0 Å². The van der Waals surface area contributed by atoms with E-state index >= 15 is 0 Å². The Hall–Kier alpha value is -5.25. The number of amides is 1. The van der Waals surface area contributed by atoms with Gasteiger partial charge in [0.05, 0.1) is 13.2 Å². The smallest absolute Gasteiger partial charge is 0.412 e. The Morgan fingerprint density at radius 3 is 2.36 bits per heavy atom. The predicted molar refractivity (Wildman–Crippen MR) is 165 cm³/mol. The number of anilines is 3. The van der Waals surface area contributed by atoms with Crippen molar-refractivity contribution in [2.75, 3.05) is 22.6 Å². The van der Waals surface area contributed by atoms with E-state index in [1.165, 1.54) is 6.33 Å². The molecule has 2 aromatic carbocycles. The molecule has 0 aliphatic carbocycles. The number of benzene rings is 2. The number of carbonyl (C=O) groups excluding carboxylic acids is 1. The van der Waals surface area contributed by atoms with Gasteiger partial charge in [0.2, 0.25) is 0 Å². The summed E-state index contributed by atoms with van der Waals surface area (Å²) in [5.41, 5.74) is 5.45. The first-order valence-electron chi connectivity index (χ1n) is 13.8. The first-order valence-corrected chi connectivity index (χ1v) is 13.8. The van der Waals surface area contributed by atoms with Crippen molar-refractivity contribution in [1.82, 2.24) is 19.5 Å². The fourth-order valence-corrected chi connectivity index (χ4v) is 4.82. The molecule has 0 saturated carbocycles. The summed E-state index contributed by atoms with van der Waals surface area (Å²) >= 11 is 0. The zero-order chi connectivity index (χ0) is 29.5. The van der Waals surface area contributed by atoms with Crippen LogP contribution in [0.4, 0.5) is 22.2 Å². The van der Waals surface area contributed by atoms with Crippen molar-refractivity contribution in [3.8, 4) is 0 Å². The van der Waals surface area contributed by atoms with Gasteiger partial charge < -0.3 is 19.9 Å². The van der Waals surface area contributed by atoms with Crippen LogP contribution in [0.5, 0.6) is 0 Å². The van der Waals surface area contributed by atoms with E-state index < -0.39 is 6.09 Å². The van der Waals surface area contributed by atoms with E-state index in [4.69, 9.17) is 4.74 Å². The highest BCUT2D eigenvalue weighted by Crippen LogP contribution is 2.30. The summed E-state index contributed by atoms with van der Waals surface area (Å²) < 4.78 is 6.70. The molecular weight excluding hydrogens is 530 g/mol. The average Bonchev–Trinajstić information content (AvgIpc) is 2.99. The van der Waals surface area contributed by atoms with Crippen LogP contribution < -0.4 is 21.5 Å². The Morgan fingerprint density at radius 1 is 0.881 bits per heavy atom. The second-order valence-corrected chi connectivity index (χ2v) is 9.88. The van der Waals surface area contributed by atoms with Crippen LogP contribution in [0.1, 0.15) is 34.7 Å². The molecule has 214 valence electrons. The Balaban J connectivity index is 1.22. The van der Waals surface area contributed by atoms with E-state index in [9.17, 15) is 9.59 Å². The Morgan fingerprint density at radius 2 is 1.62 bits per heavy atom. The molecule has 0 aliphatic rings. The molecule has 0 aliphatic heterocycles. The number of rotatable bonds is 10. The minimum atomic E-state index is -0.523. The molecule has 0 atom stereocenters. The predicted octanol–water partition coefficient (Wildman–Crippen LogP) is 5.64. The number of nitrogens with one attached hydrogen (secondary N) is 3. The zero-order valence-corrected chi connectivity index (χ0v) is 23.8. The van der Waals surface area contributed by atoms with Crippen molar-refractivity contribution in [2.24, 2.45) is 0 Å². The van der Waals surface area contributed by atoms with Gasteiger partial charge in [-0.1, -0.05) is 30.3 Å². The minimum absolute atomic E-state index is 0.0166. The molecule has 5 rings (SSSR count). The van der Waals surface area contributed by atoms with E-state index in [1.807, 2.05) is 55.5 Å². The summed E-state index contributed by atoms with van der Waals surface area (Å²) in [7, 11) is 0. The summed E-state index contributed by atoms with van der Waals surface area (Å²) in [6.45, 7) is 7.86. The standard InChI is InChI=1S/C32H33N7O3/c1-4-42-32(41)38-31-26-15-21(2)27(22(3)25(26)12-13-33-31)18-35-29-16-28(36-20-37-29)34-17-23-8-10-24(11-9-23)19-39-14-6-5-7-30(39)40/h5-16,20H,4,17-19H2,1-3H3,(H,33,38,41)(H2,34,35,36,37). The molecule has 3 heterocycles. The molecule has 1 amide bonds. The number of aryl methyl sites for hydroxylation is 2. The highest BCUT2D eigenvalue weighted by molar-refractivity contribution is 6.00. The van der Waals surface area contributed by atoms with Crippen LogP contribution in [-0.2, 0) is 24.4 Å². The third-order valence-electron chi connectivity index (χ3n) is 7.04. The van der Waals surface area contributed by atoms with Gasteiger partial charge in [-0.05, 0) is 72.2 Å². The van der Waals surface area contributed by atoms with Crippen LogP contribution in [0.25, 0.3) is 10.8 Å². The number of hydrogen-bond donors (Lipinski definition) is 3. The number of carbonyl (C=O) groups is 1. The topological polar surface area (TPSA) is 123 Å². The van der Waals surface area contributed by atoms with E-state index in [0.29, 0.717) is 37.1 Å². The summed E-state index contributed by atoms with van der Waals surface area (Å²) in [5, 5.41) is 11.4. The molecule has 5 aromatic rings. The van der Waals surface area contributed by atoms with Gasteiger partial charge in [-0.3, -0.25) is 10.1 Å². The summed E-state index contributed by atoms with van der Waals surface area (Å²) in [6, 6.07) is 19.2. The maximum Gasteiger partial charge on any atom is 0.412 e. The summed E-state index contributed by atoms with van der Waals surface area (Å²) in [6.07, 6.45) is 4.49. The number of ether oxygens (including phenoxy) is 1. The zero-order valence-electron chi connectivity index (χ0n) is 23.8. The first-order chi connectivity index (χ1) is 20.4. The van der Waals surface area contributed by atoms with Crippen LogP contribution in [0.15, 0.2) is 84.2 Å². The average molecular weight is 564 g/mol. The largest absolute Gasteiger partial charge is 0.450 e. The lowest BCUT2D eigenvalue weighted by Crippen LogP contribution is -2.18. The van der Waals surface area contributed by atoms with Crippen molar-refractivity contribution in [2.45, 2.75) is 40.4 Å². The molecule has 42 heavy (non-hydrogen) atoms. The highest BCUT2D eigenvalue weighted by atomic mass is 16.5. The highest BCUT2D eigenvalue weighted by Gasteiger charge is 2.14. The summed E-state index contributed by atoms with van der Waals surface area (Å²) in [4.78, 5) is 37.1. The molecular formula is C32H33N7O3. The van der Waals surface area contributed by atoms with Crippen LogP contribution in [0.3, 0.4) is 0 Å². The fraction of sp³-hybridized carbons (Fsp3) is 0.219. The van der Waals surface area contributed by atoms with Crippen LogP contribution in [0.2, 0.25) is 0 Å². The van der Waals surface area contributed by atoms with E-state index in [2.05, 4.69) is 37.8 Å². The number of hydrogen-bond acceptors (Lipinski definition) is 8. The van der Waals surface area contributed by atoms with Crippen molar-refractivity contribution >= 4 is 34.3 Å². The van der Waals surface area contributed by atoms with Gasteiger partial charge >= 0.3 is 6.09 Å². The molecule has 3 aromatic heterocycles. The van der Waals surface area contributed by atoms with Crippen molar-refractivity contribution < 1.29 is 9.53 Å². The molecule has 3 N–H and O–H groups in total. The van der Waals surface area contributed by atoms with E-state index in [1.54, 1.807) is 36.0 Å². The van der Waals surface area contributed by atoms with Gasteiger partial charge in [0.25, 0.3) is 5.56 Å². The Kier molecular flexibility index (Phi) is 8.72. The number of nitrogens with zero attached hydrogens (tertiary/aromatic N) is 4. The Bertz CT molecular complexity index is 1770. The second-order valence-electron chi connectivity index (χ2n) is 9.88. The lowest BCUT2D eigenvalue weighted by Gasteiger charge is -2.16. The van der Waals surface area contributed by atoms with Crippen molar-refractivity contribution in [3.05, 3.63) is 118 Å². The molecule has 0 saturated heterocycles. The van der Waals surface area contributed by atoms with Crippen molar-refractivity contribution in [3.63, 3.8) is 0 Å². The Labute approximate surface area is 243 Å². The number of pyridine rings is 2. The summed E-state index contributed by atoms with van der Waals surface area (Å²) in [5.74, 6) is 1.89. The van der Waals surface area contributed by atoms with E-state index in [0.717, 1.165) is 38.6 Å². The molecule has 0 spiro atoms. The van der Waals surface area contributed by atoms with Gasteiger partial charge in [0.1, 0.15) is 23.8 Å². The SMILES string of the molecule is CCOC(=O)Nc1nccc2c(C)c(CNc3cc(NCc4ccc(Cn5ccccc5=O)cc4)ncn3)c(C)cc12. The lowest BCUT2D eigenvalue weighted by molar-refractivity contribution is 0.168. The second kappa shape index (κ2) is 12.9. The number of fused-ring (bicyclic) bond motifs is 1. The van der Waals surface area contributed by atoms with Crippen LogP contribution in [-0.4, -0.2) is 32.2 Å². The van der Waals surface area contributed by atoms with Gasteiger partial charge in [-0.2, -0.15) is 0 Å². The lowest BCUT2D eigenvalue weighted by atomic mass is 9.96. The number of aromatic nitrogens is 4. The fourth-order valence-electron chi connectivity index (χ4n) is 4.82. The molecule has 10 nitrogen and oxygen atoms in total. The molecule has 10 heteroatoms. The monoisotopic (exact) mass is 563 g/mol. The molecule has 0 radical (unpaired) electrons. The maximum atomic E-state index is 12.0. The van der Waals surface area contributed by atoms with Crippen molar-refractivity contribution in [1.29, 1.82) is 0 Å². The van der Waals surface area contributed by atoms with E-state index in [-0.39, 0.29) is 12.2 Å². The molecule has 0 bridgehead atoms. The normalized spacial score (nSPS) is 10.8. The quantitative estimate of drug-likeness (QED) is 0.199. The van der Waals surface area contributed by atoms with Crippen LogP contribution in [0, 0.1) is 13.8 Å². The van der Waals surface area contributed by atoms with Gasteiger partial charge in [0.15, 0.2) is 0 Å². The van der Waals surface area contributed by atoms with Gasteiger partial charge in [-0.25, -0.2) is 19.7 Å². The molecule has 0 fully saturated rings.